The van der Waals surface area contributed by atoms with E-state index in [2.05, 4.69) is 4.98 Å². The third-order valence-corrected chi connectivity index (χ3v) is 2.74. The van der Waals surface area contributed by atoms with Gasteiger partial charge in [-0.1, -0.05) is 0 Å². The summed E-state index contributed by atoms with van der Waals surface area (Å²) in [4.78, 5) is 4.32. The first kappa shape index (κ1) is 11.7. The Bertz CT molecular complexity index is 492. The monoisotopic (exact) mass is 232 g/mol. The van der Waals surface area contributed by atoms with E-state index in [1.54, 1.807) is 12.5 Å². The summed E-state index contributed by atoms with van der Waals surface area (Å²) in [7, 11) is 0. The molecule has 0 aliphatic heterocycles. The van der Waals surface area contributed by atoms with Crippen LogP contribution < -0.4 is 5.73 Å². The number of nitrogens with two attached hydrogens (primary N) is 1. The third kappa shape index (κ3) is 2.65. The zero-order valence-corrected chi connectivity index (χ0v) is 10.1. The predicted octanol–water partition coefficient (Wildman–Crippen LogP) is 2.59. The fourth-order valence-corrected chi connectivity index (χ4v) is 1.58. The molecule has 90 valence electrons. The minimum Gasteiger partial charge on any atom is -0.467 e. The molecule has 0 radical (unpaired) electrons. The van der Waals surface area contributed by atoms with E-state index in [-0.39, 0.29) is 0 Å². The Hall–Kier alpha value is -1.81. The van der Waals surface area contributed by atoms with E-state index in [9.17, 15) is 0 Å². The van der Waals surface area contributed by atoms with E-state index in [0.717, 1.165) is 28.3 Å². The summed E-state index contributed by atoms with van der Waals surface area (Å²) in [6.45, 7) is 4.79. The lowest BCUT2D eigenvalue weighted by Crippen LogP contribution is -2.03. The van der Waals surface area contributed by atoms with Crippen molar-refractivity contribution in [3.63, 3.8) is 0 Å². The lowest BCUT2D eigenvalue weighted by molar-refractivity contribution is 0.0903. The van der Waals surface area contributed by atoms with Crippen molar-refractivity contribution < 1.29 is 9.15 Å². The van der Waals surface area contributed by atoms with Crippen LogP contribution in [0.3, 0.4) is 0 Å². The molecule has 0 saturated carbocycles. The number of rotatable bonds is 4. The number of ether oxygens (including phenoxy) is 1. The number of nitrogens with zero attached hydrogens (tertiary/aromatic N) is 1. The first-order valence-corrected chi connectivity index (χ1v) is 5.49. The summed E-state index contributed by atoms with van der Waals surface area (Å²) in [5.74, 6) is 0.808. The zero-order valence-electron chi connectivity index (χ0n) is 10.1. The Morgan fingerprint density at radius 1 is 1.35 bits per heavy atom. The molecule has 0 unspecified atom stereocenters. The second-order valence-electron chi connectivity index (χ2n) is 4.00. The highest BCUT2D eigenvalue weighted by Crippen LogP contribution is 2.18. The Morgan fingerprint density at radius 3 is 2.88 bits per heavy atom. The number of hydrogen-bond donors (Lipinski definition) is 1. The van der Waals surface area contributed by atoms with Crippen LogP contribution >= 0.6 is 0 Å². The molecule has 0 aliphatic rings. The number of hydrogen-bond acceptors (Lipinski definition) is 4. The van der Waals surface area contributed by atoms with E-state index in [0.29, 0.717) is 13.2 Å². The minimum atomic E-state index is 0.441. The molecule has 0 fully saturated rings. The maximum Gasteiger partial charge on any atom is 0.129 e. The number of aromatic nitrogens is 1. The Morgan fingerprint density at radius 2 is 2.18 bits per heavy atom. The van der Waals surface area contributed by atoms with Gasteiger partial charge in [0.1, 0.15) is 12.4 Å². The van der Waals surface area contributed by atoms with Crippen LogP contribution in [0.2, 0.25) is 0 Å². The molecule has 0 aromatic carbocycles. The second kappa shape index (κ2) is 5.01. The largest absolute Gasteiger partial charge is 0.467 e. The molecule has 4 nitrogen and oxygen atoms in total. The van der Waals surface area contributed by atoms with Crippen LogP contribution in [-0.2, 0) is 18.0 Å². The SMILES string of the molecule is Cc1cnc(COCc2ccco2)c(C)c1N. The van der Waals surface area contributed by atoms with Crippen molar-refractivity contribution in [2.24, 2.45) is 0 Å². The summed E-state index contributed by atoms with van der Waals surface area (Å²) in [6, 6.07) is 3.72. The van der Waals surface area contributed by atoms with Crippen LogP contribution in [0.15, 0.2) is 29.0 Å². The van der Waals surface area contributed by atoms with Crippen molar-refractivity contribution in [3.05, 3.63) is 47.2 Å². The molecule has 2 aromatic heterocycles. The summed E-state index contributed by atoms with van der Waals surface area (Å²) >= 11 is 0. The average Bonchev–Trinajstić information content (AvgIpc) is 2.82. The van der Waals surface area contributed by atoms with Gasteiger partial charge in [-0.15, -0.1) is 0 Å². The van der Waals surface area contributed by atoms with Gasteiger partial charge in [0.05, 0.1) is 18.6 Å². The molecule has 0 spiro atoms. The molecule has 4 heteroatoms. The van der Waals surface area contributed by atoms with Gasteiger partial charge >= 0.3 is 0 Å². The molecule has 2 rings (SSSR count). The summed E-state index contributed by atoms with van der Waals surface area (Å²) in [5.41, 5.74) is 9.59. The van der Waals surface area contributed by atoms with Crippen molar-refractivity contribution in [2.45, 2.75) is 27.1 Å². The van der Waals surface area contributed by atoms with Crippen LogP contribution in [-0.4, -0.2) is 4.98 Å². The van der Waals surface area contributed by atoms with Crippen molar-refractivity contribution in [2.75, 3.05) is 5.73 Å². The van der Waals surface area contributed by atoms with Crippen LogP contribution in [0.1, 0.15) is 22.6 Å². The molecule has 0 bridgehead atoms. The summed E-state index contributed by atoms with van der Waals surface area (Å²) < 4.78 is 10.7. The molecular weight excluding hydrogens is 216 g/mol. The fraction of sp³-hybridized carbons (Fsp3) is 0.308. The first-order valence-electron chi connectivity index (χ1n) is 5.49. The molecule has 17 heavy (non-hydrogen) atoms. The van der Waals surface area contributed by atoms with Gasteiger partial charge in [0, 0.05) is 11.9 Å². The predicted molar refractivity (Wildman–Crippen MR) is 65.3 cm³/mol. The minimum absolute atomic E-state index is 0.441. The highest BCUT2D eigenvalue weighted by molar-refractivity contribution is 5.53. The Kier molecular flexibility index (Phi) is 3.44. The highest BCUT2D eigenvalue weighted by Gasteiger charge is 2.06. The van der Waals surface area contributed by atoms with Crippen molar-refractivity contribution >= 4 is 5.69 Å². The van der Waals surface area contributed by atoms with E-state index in [1.807, 2.05) is 26.0 Å². The van der Waals surface area contributed by atoms with Crippen LogP contribution in [0, 0.1) is 13.8 Å². The van der Waals surface area contributed by atoms with Crippen LogP contribution in [0.25, 0.3) is 0 Å². The first-order chi connectivity index (χ1) is 8.18. The highest BCUT2D eigenvalue weighted by atomic mass is 16.5. The number of nitrogen functional groups attached to an aromatic ring is 1. The molecule has 2 aromatic rings. The average molecular weight is 232 g/mol. The van der Waals surface area contributed by atoms with Gasteiger partial charge in [0.25, 0.3) is 0 Å². The fourth-order valence-electron chi connectivity index (χ4n) is 1.58. The quantitative estimate of drug-likeness (QED) is 0.880. The van der Waals surface area contributed by atoms with Crippen LogP contribution in [0.5, 0.6) is 0 Å². The molecule has 0 saturated heterocycles. The normalized spacial score (nSPS) is 10.7. The van der Waals surface area contributed by atoms with Crippen molar-refractivity contribution in [3.8, 4) is 0 Å². The Labute approximate surface area is 100 Å². The van der Waals surface area contributed by atoms with E-state index >= 15 is 0 Å². The van der Waals surface area contributed by atoms with Gasteiger partial charge in [-0.05, 0) is 37.1 Å². The topological polar surface area (TPSA) is 61.3 Å². The molecule has 0 aliphatic carbocycles. The van der Waals surface area contributed by atoms with Gasteiger partial charge < -0.3 is 14.9 Å². The maximum absolute atomic E-state index is 5.93. The number of pyridine rings is 1. The molecular formula is C13H16N2O2. The van der Waals surface area contributed by atoms with Crippen molar-refractivity contribution in [1.29, 1.82) is 0 Å². The van der Waals surface area contributed by atoms with Gasteiger partial charge in [-0.2, -0.15) is 0 Å². The lowest BCUT2D eigenvalue weighted by Gasteiger charge is -2.09. The summed E-state index contributed by atoms with van der Waals surface area (Å²) in [6.07, 6.45) is 3.40. The van der Waals surface area contributed by atoms with Gasteiger partial charge in [0.2, 0.25) is 0 Å². The molecule has 0 amide bonds. The van der Waals surface area contributed by atoms with Gasteiger partial charge in [-0.25, -0.2) is 0 Å². The molecule has 2 N–H and O–H groups in total. The molecule has 0 atom stereocenters. The zero-order chi connectivity index (χ0) is 12.3. The standard InChI is InChI=1S/C13H16N2O2/c1-9-6-15-12(10(2)13(9)14)8-16-7-11-4-3-5-17-11/h3-6H,7-8H2,1-2H3,(H2,14,15). The number of anilines is 1. The third-order valence-electron chi connectivity index (χ3n) is 2.74. The van der Waals surface area contributed by atoms with Crippen LogP contribution in [0.4, 0.5) is 5.69 Å². The van der Waals surface area contributed by atoms with Crippen molar-refractivity contribution in [1.82, 2.24) is 4.98 Å². The lowest BCUT2D eigenvalue weighted by atomic mass is 10.1. The number of aryl methyl sites for hydroxylation is 1. The van der Waals surface area contributed by atoms with E-state index in [1.165, 1.54) is 0 Å². The molecule has 2 heterocycles. The summed E-state index contributed by atoms with van der Waals surface area (Å²) in [5, 5.41) is 0. The second-order valence-corrected chi connectivity index (χ2v) is 4.00. The van der Waals surface area contributed by atoms with E-state index in [4.69, 9.17) is 14.9 Å². The Balaban J connectivity index is 1.97. The van der Waals surface area contributed by atoms with Gasteiger partial charge in [-0.3, -0.25) is 4.98 Å². The maximum atomic E-state index is 5.93. The van der Waals surface area contributed by atoms with Gasteiger partial charge in [0.15, 0.2) is 0 Å². The van der Waals surface area contributed by atoms with E-state index < -0.39 is 0 Å². The smallest absolute Gasteiger partial charge is 0.129 e. The number of furan rings is 1.